The Kier molecular flexibility index (Phi) is 14.5. The number of nitrogens with one attached hydrogen (secondary N) is 3. The quantitative estimate of drug-likeness (QED) is 0.139. The van der Waals surface area contributed by atoms with Crippen molar-refractivity contribution in [2.75, 3.05) is 11.6 Å². The molecule has 0 saturated carbocycles. The molecule has 15 heteroatoms. The number of hydrogen-bond donors (Lipinski definition) is 3. The van der Waals surface area contributed by atoms with E-state index in [2.05, 4.69) is 45.3 Å². The van der Waals surface area contributed by atoms with Gasteiger partial charge in [-0.05, 0) is 12.2 Å². The minimum atomic E-state index is -2.76. The molecule has 6 nitrogen and oxygen atoms in total. The van der Waals surface area contributed by atoms with Gasteiger partial charge in [-0.15, -0.1) is 11.6 Å². The van der Waals surface area contributed by atoms with Gasteiger partial charge in [-0.1, -0.05) is 48.1 Å². The standard InChI is InChI=1S/C8H7ClF2N2OS.C5H4F2N2OS.C3H4Cl2/c1-4(9)3-15-8-12-5(7(10)11)2-6(14)13-8;6-4(7)2-1-3(10)9-5(11)8-2;1-3(5)2-4/h2,7H,1,3H2,(H,12,13,14);1,4H,(H2,8,9,10,11);1-2H2. The Labute approximate surface area is 197 Å². The second-order valence-electron chi connectivity index (χ2n) is 5.08. The zero-order valence-corrected chi connectivity index (χ0v) is 19.3. The number of H-pyrrole nitrogens is 3. The first-order valence-corrected chi connectivity index (χ1v) is 10.4. The van der Waals surface area contributed by atoms with E-state index >= 15 is 0 Å². The van der Waals surface area contributed by atoms with E-state index in [1.54, 1.807) is 0 Å². The lowest BCUT2D eigenvalue weighted by Gasteiger charge is -2.02. The number of aromatic amines is 3. The SMILES string of the molecule is C=C(Cl)CCl.C=C(Cl)CSc1nc(C(F)F)cc(=O)[nH]1.O=c1cc(C(F)F)[nH]c(=S)[nH]1. The van der Waals surface area contributed by atoms with Crippen LogP contribution in [-0.4, -0.2) is 31.6 Å². The molecule has 0 radical (unpaired) electrons. The van der Waals surface area contributed by atoms with Gasteiger partial charge in [0.1, 0.15) is 5.69 Å². The molecule has 2 rings (SSSR count). The molecule has 2 aromatic heterocycles. The summed E-state index contributed by atoms with van der Waals surface area (Å²) in [6.07, 6.45) is -5.45. The van der Waals surface area contributed by atoms with Crippen LogP contribution in [0.15, 0.2) is 50.1 Å². The Morgan fingerprint density at radius 3 is 2.00 bits per heavy atom. The molecule has 0 bridgehead atoms. The second-order valence-corrected chi connectivity index (χ2v) is 7.79. The lowest BCUT2D eigenvalue weighted by atomic mass is 10.4. The zero-order chi connectivity index (χ0) is 24.1. The van der Waals surface area contributed by atoms with Gasteiger partial charge in [0, 0.05) is 28.0 Å². The third-order valence-corrected chi connectivity index (χ3v) is 4.54. The first kappa shape index (κ1) is 29.4. The molecule has 0 amide bonds. The Hall–Kier alpha value is -1.60. The van der Waals surface area contributed by atoms with Gasteiger partial charge in [-0.3, -0.25) is 14.6 Å². The van der Waals surface area contributed by atoms with E-state index in [0.717, 1.165) is 23.9 Å². The van der Waals surface area contributed by atoms with Crippen LogP contribution in [0.1, 0.15) is 24.2 Å². The molecule has 0 unspecified atom stereocenters. The van der Waals surface area contributed by atoms with Crippen LogP contribution in [0.4, 0.5) is 17.6 Å². The summed E-state index contributed by atoms with van der Waals surface area (Å²) in [5.74, 6) is 0.652. The maximum absolute atomic E-state index is 12.3. The smallest absolute Gasteiger partial charge is 0.280 e. The molecule has 172 valence electrons. The molecule has 0 aliphatic rings. The van der Waals surface area contributed by atoms with Crippen molar-refractivity contribution in [3.63, 3.8) is 0 Å². The predicted octanol–water partition coefficient (Wildman–Crippen LogP) is 5.90. The van der Waals surface area contributed by atoms with Crippen molar-refractivity contribution in [3.8, 4) is 0 Å². The molecular weight excluding hydrogens is 527 g/mol. The van der Waals surface area contributed by atoms with Crippen molar-refractivity contribution in [1.29, 1.82) is 0 Å². The molecule has 2 aromatic rings. The van der Waals surface area contributed by atoms with Crippen LogP contribution in [-0.2, 0) is 0 Å². The van der Waals surface area contributed by atoms with Crippen LogP contribution < -0.4 is 11.1 Å². The fraction of sp³-hybridized carbons (Fsp3) is 0.250. The van der Waals surface area contributed by atoms with E-state index in [1.165, 1.54) is 0 Å². The Balaban J connectivity index is 0.000000492. The second kappa shape index (κ2) is 15.2. The normalized spacial score (nSPS) is 10.1. The van der Waals surface area contributed by atoms with Crippen molar-refractivity contribution in [2.45, 2.75) is 18.0 Å². The minimum Gasteiger partial charge on any atom is -0.331 e. The van der Waals surface area contributed by atoms with E-state index in [9.17, 15) is 27.2 Å². The van der Waals surface area contributed by atoms with Crippen molar-refractivity contribution >= 4 is 58.8 Å². The summed E-state index contributed by atoms with van der Waals surface area (Å²) in [4.78, 5) is 31.7. The Bertz CT molecular complexity index is 1020. The number of rotatable bonds is 6. The average molecular weight is 542 g/mol. The molecule has 31 heavy (non-hydrogen) atoms. The summed E-state index contributed by atoms with van der Waals surface area (Å²) in [7, 11) is 0. The lowest BCUT2D eigenvalue weighted by molar-refractivity contribution is 0.144. The highest BCUT2D eigenvalue weighted by molar-refractivity contribution is 7.99. The highest BCUT2D eigenvalue weighted by Crippen LogP contribution is 2.20. The van der Waals surface area contributed by atoms with Gasteiger partial charge in [-0.2, -0.15) is 0 Å². The number of thioether (sulfide) groups is 1. The fourth-order valence-electron chi connectivity index (χ4n) is 1.39. The van der Waals surface area contributed by atoms with Gasteiger partial charge >= 0.3 is 0 Å². The molecule has 0 atom stereocenters. The number of aromatic nitrogens is 4. The maximum atomic E-state index is 12.3. The molecular formula is C16H15Cl3F4N4O2S2. The largest absolute Gasteiger partial charge is 0.331 e. The van der Waals surface area contributed by atoms with E-state index in [-0.39, 0.29) is 9.93 Å². The number of nitrogens with zero attached hydrogens (tertiary/aromatic N) is 1. The van der Waals surface area contributed by atoms with E-state index < -0.39 is 35.4 Å². The topological polar surface area (TPSA) is 94.4 Å². The van der Waals surface area contributed by atoms with E-state index in [1.807, 2.05) is 0 Å². The van der Waals surface area contributed by atoms with Crippen molar-refractivity contribution in [2.24, 2.45) is 0 Å². The number of halogens is 7. The summed E-state index contributed by atoms with van der Waals surface area (Å²) in [5.41, 5.74) is -2.23. The van der Waals surface area contributed by atoms with Gasteiger partial charge in [0.15, 0.2) is 9.93 Å². The van der Waals surface area contributed by atoms with Crippen LogP contribution in [0, 0.1) is 4.77 Å². The first-order valence-electron chi connectivity index (χ1n) is 7.72. The van der Waals surface area contributed by atoms with Gasteiger partial charge in [-0.25, -0.2) is 22.5 Å². The number of allylic oxidation sites excluding steroid dienone is 1. The van der Waals surface area contributed by atoms with Crippen LogP contribution in [0.3, 0.4) is 0 Å². The monoisotopic (exact) mass is 540 g/mol. The highest BCUT2D eigenvalue weighted by Gasteiger charge is 2.11. The highest BCUT2D eigenvalue weighted by atomic mass is 35.5. The summed E-state index contributed by atoms with van der Waals surface area (Å²) in [5, 5.41) is 0.955. The zero-order valence-electron chi connectivity index (χ0n) is 15.4. The molecule has 0 fully saturated rings. The summed E-state index contributed by atoms with van der Waals surface area (Å²) >= 11 is 21.2. The van der Waals surface area contributed by atoms with Crippen LogP contribution >= 0.6 is 58.8 Å². The average Bonchev–Trinajstić information content (AvgIpc) is 2.66. The lowest BCUT2D eigenvalue weighted by Crippen LogP contribution is -2.10. The third kappa shape index (κ3) is 14.2. The summed E-state index contributed by atoms with van der Waals surface area (Å²) in [6.45, 7) is 6.73. The third-order valence-electron chi connectivity index (χ3n) is 2.49. The molecule has 0 saturated heterocycles. The molecule has 0 aliphatic carbocycles. The Morgan fingerprint density at radius 1 is 1.03 bits per heavy atom. The van der Waals surface area contributed by atoms with Gasteiger partial charge in [0.2, 0.25) is 0 Å². The first-order chi connectivity index (χ1) is 14.3. The van der Waals surface area contributed by atoms with Crippen molar-refractivity contribution < 1.29 is 17.6 Å². The van der Waals surface area contributed by atoms with Gasteiger partial charge < -0.3 is 9.97 Å². The predicted molar refractivity (Wildman–Crippen MR) is 118 cm³/mol. The minimum absolute atomic E-state index is 0.0900. The molecule has 0 aromatic carbocycles. The van der Waals surface area contributed by atoms with Crippen LogP contribution in [0.5, 0.6) is 0 Å². The number of hydrogen-bond acceptors (Lipinski definition) is 5. The van der Waals surface area contributed by atoms with Crippen molar-refractivity contribution in [3.05, 3.63) is 72.2 Å². The Morgan fingerprint density at radius 2 is 1.58 bits per heavy atom. The van der Waals surface area contributed by atoms with E-state index in [0.29, 0.717) is 21.7 Å². The molecule has 2 heterocycles. The van der Waals surface area contributed by atoms with Crippen LogP contribution in [0.25, 0.3) is 0 Å². The molecule has 0 aliphatic heterocycles. The molecule has 0 spiro atoms. The molecule has 3 N–H and O–H groups in total. The summed E-state index contributed by atoms with van der Waals surface area (Å²) in [6, 6.07) is 1.55. The number of alkyl halides is 5. The van der Waals surface area contributed by atoms with Crippen molar-refractivity contribution in [1.82, 2.24) is 19.9 Å². The van der Waals surface area contributed by atoms with Crippen LogP contribution in [0.2, 0.25) is 0 Å². The van der Waals surface area contributed by atoms with E-state index in [4.69, 9.17) is 34.8 Å². The summed E-state index contributed by atoms with van der Waals surface area (Å²) < 4.78 is 48.2. The maximum Gasteiger partial charge on any atom is 0.280 e. The van der Waals surface area contributed by atoms with Gasteiger partial charge in [0.05, 0.1) is 11.6 Å². The van der Waals surface area contributed by atoms with Gasteiger partial charge in [0.25, 0.3) is 24.0 Å². The fourth-order valence-corrected chi connectivity index (χ4v) is 2.40.